The second kappa shape index (κ2) is 13.6. The monoisotopic (exact) mass is 563 g/mol. The number of rotatable bonds is 10. The van der Waals surface area contributed by atoms with Gasteiger partial charge in [-0.05, 0) is 81.2 Å². The normalized spacial score (nSPS) is 17.3. The standard InChI is InChI=1S/C31H37N3O5S/c1-23-17-24(2)19-28(18-23)30(35)33-40(37,38)34(20-25-9-5-3-6-10-25)21-26-13-15-27(16-14-26)22-39-31(36)32-29-11-7-4-8-12-29/h3-12,17-19,26-27H,13-16,20-22H2,1-2H3,(H,32,36)(H,33,35). The quantitative estimate of drug-likeness (QED) is 0.323. The van der Waals surface area contributed by atoms with Crippen molar-refractivity contribution in [1.82, 2.24) is 9.03 Å². The van der Waals surface area contributed by atoms with Crippen LogP contribution in [0.5, 0.6) is 0 Å². The van der Waals surface area contributed by atoms with E-state index < -0.39 is 22.2 Å². The van der Waals surface area contributed by atoms with Crippen LogP contribution in [-0.4, -0.2) is 37.9 Å². The van der Waals surface area contributed by atoms with Crippen molar-refractivity contribution in [2.45, 2.75) is 46.1 Å². The third kappa shape index (κ3) is 8.66. The van der Waals surface area contributed by atoms with E-state index in [1.54, 1.807) is 24.3 Å². The Morgan fingerprint density at radius 2 is 1.43 bits per heavy atom. The van der Waals surface area contributed by atoms with Crippen molar-refractivity contribution < 1.29 is 22.7 Å². The van der Waals surface area contributed by atoms with E-state index in [1.165, 1.54) is 4.31 Å². The van der Waals surface area contributed by atoms with E-state index in [0.717, 1.165) is 42.4 Å². The second-order valence-electron chi connectivity index (χ2n) is 10.6. The number of ether oxygens (including phenoxy) is 1. The highest BCUT2D eigenvalue weighted by Crippen LogP contribution is 2.30. The summed E-state index contributed by atoms with van der Waals surface area (Å²) in [6.45, 7) is 4.53. The number of aryl methyl sites for hydroxylation is 2. The number of anilines is 1. The molecule has 0 aromatic heterocycles. The molecule has 0 atom stereocenters. The Morgan fingerprint density at radius 1 is 0.850 bits per heavy atom. The first-order valence-electron chi connectivity index (χ1n) is 13.6. The van der Waals surface area contributed by atoms with Crippen LogP contribution in [-0.2, 0) is 21.5 Å². The van der Waals surface area contributed by atoms with Gasteiger partial charge >= 0.3 is 16.3 Å². The Hall–Kier alpha value is -3.69. The van der Waals surface area contributed by atoms with Crippen LogP contribution < -0.4 is 10.0 Å². The van der Waals surface area contributed by atoms with E-state index >= 15 is 0 Å². The van der Waals surface area contributed by atoms with Crippen LogP contribution in [0.3, 0.4) is 0 Å². The zero-order valence-corrected chi connectivity index (χ0v) is 23.8. The first-order valence-corrected chi connectivity index (χ1v) is 15.1. The number of benzene rings is 3. The van der Waals surface area contributed by atoms with Crippen LogP contribution in [0.4, 0.5) is 10.5 Å². The van der Waals surface area contributed by atoms with Gasteiger partial charge in [0.05, 0.1) is 6.61 Å². The smallest absolute Gasteiger partial charge is 0.411 e. The Balaban J connectivity index is 1.35. The molecule has 9 heteroatoms. The zero-order valence-electron chi connectivity index (χ0n) is 23.0. The Morgan fingerprint density at radius 3 is 2.05 bits per heavy atom. The summed E-state index contributed by atoms with van der Waals surface area (Å²) in [7, 11) is -4.10. The fraction of sp³-hybridized carbons (Fsp3) is 0.355. The van der Waals surface area contributed by atoms with Crippen molar-refractivity contribution in [2.24, 2.45) is 11.8 Å². The molecule has 1 aliphatic carbocycles. The molecule has 0 unspecified atom stereocenters. The maximum Gasteiger partial charge on any atom is 0.411 e. The van der Waals surface area contributed by atoms with Gasteiger partial charge < -0.3 is 4.74 Å². The van der Waals surface area contributed by atoms with Gasteiger partial charge in [0.1, 0.15) is 0 Å². The fourth-order valence-corrected chi connectivity index (χ4v) is 6.33. The molecule has 3 aromatic rings. The fourth-order valence-electron chi connectivity index (χ4n) is 5.12. The molecule has 1 aliphatic rings. The van der Waals surface area contributed by atoms with E-state index in [4.69, 9.17) is 4.74 Å². The largest absolute Gasteiger partial charge is 0.449 e. The summed E-state index contributed by atoms with van der Waals surface area (Å²) >= 11 is 0. The van der Waals surface area contributed by atoms with Gasteiger partial charge in [0.15, 0.2) is 0 Å². The molecule has 0 radical (unpaired) electrons. The number of hydrogen-bond donors (Lipinski definition) is 2. The number of carbonyl (C=O) groups excluding carboxylic acids is 2. The lowest BCUT2D eigenvalue weighted by molar-refractivity contribution is 0.0976. The molecular formula is C31H37N3O5S. The average Bonchev–Trinajstić information content (AvgIpc) is 2.92. The van der Waals surface area contributed by atoms with Gasteiger partial charge in [0, 0.05) is 24.3 Å². The Labute approximate surface area is 236 Å². The molecule has 0 bridgehead atoms. The summed E-state index contributed by atoms with van der Waals surface area (Å²) in [6, 6.07) is 23.8. The van der Waals surface area contributed by atoms with Crippen molar-refractivity contribution in [2.75, 3.05) is 18.5 Å². The third-order valence-corrected chi connectivity index (χ3v) is 8.55. The number of nitrogens with one attached hydrogen (secondary N) is 2. The first-order chi connectivity index (χ1) is 19.2. The predicted molar refractivity (Wildman–Crippen MR) is 156 cm³/mol. The highest BCUT2D eigenvalue weighted by Gasteiger charge is 2.30. The molecule has 0 heterocycles. The molecule has 0 saturated heterocycles. The lowest BCUT2D eigenvalue weighted by atomic mass is 9.82. The Kier molecular flexibility index (Phi) is 9.95. The predicted octanol–water partition coefficient (Wildman–Crippen LogP) is 5.84. The lowest BCUT2D eigenvalue weighted by Gasteiger charge is -2.32. The van der Waals surface area contributed by atoms with Crippen molar-refractivity contribution >= 4 is 27.9 Å². The molecule has 3 aromatic carbocycles. The van der Waals surface area contributed by atoms with Crippen molar-refractivity contribution in [3.63, 3.8) is 0 Å². The molecule has 2 amide bonds. The molecule has 40 heavy (non-hydrogen) atoms. The van der Waals surface area contributed by atoms with Gasteiger partial charge in [0.25, 0.3) is 5.91 Å². The van der Waals surface area contributed by atoms with Crippen molar-refractivity contribution in [3.05, 3.63) is 101 Å². The maximum atomic E-state index is 13.5. The van der Waals surface area contributed by atoms with E-state index in [2.05, 4.69) is 10.0 Å². The van der Waals surface area contributed by atoms with Crippen molar-refractivity contribution in [3.8, 4) is 0 Å². The van der Waals surface area contributed by atoms with Crippen LogP contribution in [0.25, 0.3) is 0 Å². The van der Waals surface area contributed by atoms with E-state index in [-0.39, 0.29) is 18.4 Å². The maximum absolute atomic E-state index is 13.5. The van der Waals surface area contributed by atoms with Crippen LogP contribution in [0, 0.1) is 25.7 Å². The lowest BCUT2D eigenvalue weighted by Crippen LogP contribution is -2.45. The highest BCUT2D eigenvalue weighted by molar-refractivity contribution is 7.87. The third-order valence-electron chi connectivity index (χ3n) is 7.15. The first kappa shape index (κ1) is 29.3. The molecule has 0 spiro atoms. The summed E-state index contributed by atoms with van der Waals surface area (Å²) in [6.07, 6.45) is 2.79. The Bertz CT molecular complexity index is 1370. The molecule has 4 rings (SSSR count). The minimum atomic E-state index is -4.10. The number of nitrogens with zero attached hydrogens (tertiary/aromatic N) is 1. The van der Waals surface area contributed by atoms with Gasteiger partial charge in [0.2, 0.25) is 0 Å². The van der Waals surface area contributed by atoms with Gasteiger partial charge in [-0.25, -0.2) is 9.52 Å². The van der Waals surface area contributed by atoms with Crippen molar-refractivity contribution in [1.29, 1.82) is 0 Å². The molecule has 1 fully saturated rings. The summed E-state index contributed by atoms with van der Waals surface area (Å²) < 4.78 is 36.1. The second-order valence-corrected chi connectivity index (χ2v) is 12.2. The molecule has 212 valence electrons. The van der Waals surface area contributed by atoms with Gasteiger partial charge in [-0.1, -0.05) is 65.7 Å². The number of hydrogen-bond acceptors (Lipinski definition) is 5. The molecule has 0 aliphatic heterocycles. The highest BCUT2D eigenvalue weighted by atomic mass is 32.2. The molecular weight excluding hydrogens is 526 g/mol. The van der Waals surface area contributed by atoms with Crippen LogP contribution in [0.1, 0.15) is 52.7 Å². The summed E-state index contributed by atoms with van der Waals surface area (Å²) in [5, 5.41) is 2.72. The summed E-state index contributed by atoms with van der Waals surface area (Å²) in [4.78, 5) is 25.1. The van der Waals surface area contributed by atoms with Gasteiger partial charge in [-0.15, -0.1) is 0 Å². The van der Waals surface area contributed by atoms with Crippen LogP contribution in [0.2, 0.25) is 0 Å². The number of amides is 2. The van der Waals surface area contributed by atoms with Gasteiger partial charge in [-0.2, -0.15) is 12.7 Å². The number of para-hydroxylation sites is 1. The van der Waals surface area contributed by atoms with Gasteiger partial charge in [-0.3, -0.25) is 10.1 Å². The summed E-state index contributed by atoms with van der Waals surface area (Å²) in [5.74, 6) is -0.285. The van der Waals surface area contributed by atoms with Crippen LogP contribution >= 0.6 is 0 Å². The minimum absolute atomic E-state index is 0.131. The molecule has 2 N–H and O–H groups in total. The number of carbonyl (C=O) groups is 2. The molecule has 1 saturated carbocycles. The zero-order chi connectivity index (χ0) is 28.5. The minimum Gasteiger partial charge on any atom is -0.449 e. The van der Waals surface area contributed by atoms with Crippen LogP contribution in [0.15, 0.2) is 78.9 Å². The average molecular weight is 564 g/mol. The van der Waals surface area contributed by atoms with E-state index in [1.807, 2.05) is 68.4 Å². The topological polar surface area (TPSA) is 105 Å². The van der Waals surface area contributed by atoms with E-state index in [9.17, 15) is 18.0 Å². The SMILES string of the molecule is Cc1cc(C)cc(C(=O)NS(=O)(=O)N(Cc2ccccc2)CC2CCC(COC(=O)Nc3ccccc3)CC2)c1. The summed E-state index contributed by atoms with van der Waals surface area (Å²) in [5.41, 5.74) is 3.63. The molecule has 8 nitrogen and oxygen atoms in total. The van der Waals surface area contributed by atoms with E-state index in [0.29, 0.717) is 24.4 Å².